The van der Waals surface area contributed by atoms with E-state index in [1.54, 1.807) is 18.2 Å². The van der Waals surface area contributed by atoms with Gasteiger partial charge < -0.3 is 9.15 Å². The Hall–Kier alpha value is -2.64. The van der Waals surface area contributed by atoms with Gasteiger partial charge in [-0.1, -0.05) is 23.2 Å². The molecular formula is C15H9Cl2N3O4. The first-order chi connectivity index (χ1) is 11.5. The van der Waals surface area contributed by atoms with Crippen LogP contribution in [0.25, 0.3) is 11.5 Å². The van der Waals surface area contributed by atoms with Crippen LogP contribution in [0.15, 0.2) is 46.9 Å². The van der Waals surface area contributed by atoms with Crippen LogP contribution in [0, 0.1) is 10.1 Å². The number of halogens is 2. The van der Waals surface area contributed by atoms with E-state index in [0.29, 0.717) is 21.4 Å². The lowest BCUT2D eigenvalue weighted by atomic mass is 10.2. The van der Waals surface area contributed by atoms with Crippen molar-refractivity contribution in [2.75, 3.05) is 0 Å². The maximum Gasteiger partial charge on any atom is 0.269 e. The van der Waals surface area contributed by atoms with Crippen molar-refractivity contribution in [2.45, 2.75) is 6.61 Å². The lowest BCUT2D eigenvalue weighted by molar-refractivity contribution is -0.384. The Bertz CT molecular complexity index is 860. The number of non-ortho nitro benzene ring substituents is 1. The molecule has 2 aromatic carbocycles. The van der Waals surface area contributed by atoms with Crippen LogP contribution in [-0.4, -0.2) is 15.1 Å². The van der Waals surface area contributed by atoms with E-state index in [2.05, 4.69) is 10.2 Å². The van der Waals surface area contributed by atoms with E-state index < -0.39 is 4.92 Å². The first kappa shape index (κ1) is 16.2. The number of hydrogen-bond acceptors (Lipinski definition) is 6. The highest BCUT2D eigenvalue weighted by Crippen LogP contribution is 2.25. The fourth-order valence-corrected chi connectivity index (χ4v) is 2.42. The van der Waals surface area contributed by atoms with Crippen LogP contribution in [-0.2, 0) is 6.61 Å². The van der Waals surface area contributed by atoms with Crippen LogP contribution in [0.1, 0.15) is 5.89 Å². The van der Waals surface area contributed by atoms with Gasteiger partial charge >= 0.3 is 0 Å². The zero-order valence-corrected chi connectivity index (χ0v) is 13.5. The Morgan fingerprint density at radius 3 is 2.38 bits per heavy atom. The SMILES string of the molecule is O=[N+]([O-])c1ccc(-c2nnc(COc3cc(Cl)cc(Cl)c3)o2)cc1. The van der Waals surface area contributed by atoms with Crippen LogP contribution >= 0.6 is 23.2 Å². The molecule has 0 aliphatic heterocycles. The maximum absolute atomic E-state index is 10.6. The highest BCUT2D eigenvalue weighted by molar-refractivity contribution is 6.34. The normalized spacial score (nSPS) is 10.6. The van der Waals surface area contributed by atoms with Crippen LogP contribution < -0.4 is 4.74 Å². The molecule has 3 rings (SSSR count). The van der Waals surface area contributed by atoms with E-state index >= 15 is 0 Å². The van der Waals surface area contributed by atoms with E-state index in [0.717, 1.165) is 0 Å². The van der Waals surface area contributed by atoms with Crippen molar-refractivity contribution in [3.8, 4) is 17.2 Å². The molecule has 0 saturated carbocycles. The summed E-state index contributed by atoms with van der Waals surface area (Å²) in [5, 5.41) is 19.3. The molecule has 0 atom stereocenters. The predicted molar refractivity (Wildman–Crippen MR) is 87.2 cm³/mol. The van der Waals surface area contributed by atoms with Gasteiger partial charge in [-0.2, -0.15) is 0 Å². The molecule has 9 heteroatoms. The molecule has 0 amide bonds. The fourth-order valence-electron chi connectivity index (χ4n) is 1.91. The van der Waals surface area contributed by atoms with E-state index in [1.807, 2.05) is 0 Å². The van der Waals surface area contributed by atoms with E-state index in [1.165, 1.54) is 24.3 Å². The minimum absolute atomic E-state index is 0.0142. The van der Waals surface area contributed by atoms with Crippen molar-refractivity contribution in [3.63, 3.8) is 0 Å². The number of hydrogen-bond donors (Lipinski definition) is 0. The number of rotatable bonds is 5. The minimum Gasteiger partial charge on any atom is -0.484 e. The average molecular weight is 366 g/mol. The van der Waals surface area contributed by atoms with Crippen LogP contribution in [0.4, 0.5) is 5.69 Å². The highest BCUT2D eigenvalue weighted by atomic mass is 35.5. The average Bonchev–Trinajstić information content (AvgIpc) is 3.01. The van der Waals surface area contributed by atoms with Crippen LogP contribution in [0.2, 0.25) is 10.0 Å². The van der Waals surface area contributed by atoms with Crippen LogP contribution in [0.3, 0.4) is 0 Å². The summed E-state index contributed by atoms with van der Waals surface area (Å²) in [4.78, 5) is 10.2. The van der Waals surface area contributed by atoms with Gasteiger partial charge in [0.1, 0.15) is 5.75 Å². The largest absolute Gasteiger partial charge is 0.484 e. The van der Waals surface area contributed by atoms with Gasteiger partial charge in [0.05, 0.1) is 4.92 Å². The highest BCUT2D eigenvalue weighted by Gasteiger charge is 2.11. The molecule has 0 fully saturated rings. The molecule has 24 heavy (non-hydrogen) atoms. The monoisotopic (exact) mass is 365 g/mol. The summed E-state index contributed by atoms with van der Waals surface area (Å²) in [6.07, 6.45) is 0. The molecule has 0 aliphatic rings. The fraction of sp³-hybridized carbons (Fsp3) is 0.0667. The predicted octanol–water partition coefficient (Wildman–Crippen LogP) is 4.53. The molecule has 122 valence electrons. The van der Waals surface area contributed by atoms with Crippen molar-refractivity contribution in [3.05, 3.63) is 68.5 Å². The van der Waals surface area contributed by atoms with Crippen molar-refractivity contribution in [2.24, 2.45) is 0 Å². The minimum atomic E-state index is -0.479. The van der Waals surface area contributed by atoms with Gasteiger partial charge in [-0.25, -0.2) is 0 Å². The zero-order valence-electron chi connectivity index (χ0n) is 12.0. The van der Waals surface area contributed by atoms with Crippen molar-refractivity contribution >= 4 is 28.9 Å². The molecule has 0 unspecified atom stereocenters. The summed E-state index contributed by atoms with van der Waals surface area (Å²) >= 11 is 11.8. The first-order valence-corrected chi connectivity index (χ1v) is 7.43. The third-order valence-corrected chi connectivity index (χ3v) is 3.43. The summed E-state index contributed by atoms with van der Waals surface area (Å²) < 4.78 is 11.0. The van der Waals surface area contributed by atoms with Gasteiger partial charge in [0.15, 0.2) is 6.61 Å². The second-order valence-electron chi connectivity index (χ2n) is 4.70. The number of nitro groups is 1. The maximum atomic E-state index is 10.6. The van der Waals surface area contributed by atoms with Gasteiger partial charge in [0, 0.05) is 27.7 Å². The third-order valence-electron chi connectivity index (χ3n) is 2.99. The first-order valence-electron chi connectivity index (χ1n) is 6.67. The lowest BCUT2D eigenvalue weighted by Gasteiger charge is -2.04. The Balaban J connectivity index is 1.70. The summed E-state index contributed by atoms with van der Waals surface area (Å²) in [6.45, 7) is 0.0383. The van der Waals surface area contributed by atoms with E-state index in [9.17, 15) is 10.1 Å². The van der Waals surface area contributed by atoms with Crippen LogP contribution in [0.5, 0.6) is 5.75 Å². The summed E-state index contributed by atoms with van der Waals surface area (Å²) in [7, 11) is 0. The zero-order chi connectivity index (χ0) is 17.1. The van der Waals surface area contributed by atoms with E-state index in [-0.39, 0.29) is 24.1 Å². The second-order valence-corrected chi connectivity index (χ2v) is 5.57. The Morgan fingerprint density at radius 1 is 1.08 bits per heavy atom. The molecule has 0 saturated heterocycles. The third kappa shape index (κ3) is 3.81. The summed E-state index contributed by atoms with van der Waals surface area (Å²) in [6, 6.07) is 10.6. The van der Waals surface area contributed by atoms with E-state index in [4.69, 9.17) is 32.4 Å². The summed E-state index contributed by atoms with van der Waals surface area (Å²) in [5.74, 6) is 0.967. The van der Waals surface area contributed by atoms with Gasteiger partial charge in [-0.3, -0.25) is 10.1 Å². The van der Waals surface area contributed by atoms with Gasteiger partial charge in [0.2, 0.25) is 5.89 Å². The van der Waals surface area contributed by atoms with Gasteiger partial charge in [-0.15, -0.1) is 10.2 Å². The molecular weight excluding hydrogens is 357 g/mol. The molecule has 0 spiro atoms. The molecule has 0 bridgehead atoms. The number of aromatic nitrogens is 2. The standard InChI is InChI=1S/C15H9Cl2N3O4/c16-10-5-11(17)7-13(6-10)23-8-14-18-19-15(24-14)9-1-3-12(4-2-9)20(21)22/h1-7H,8H2. The lowest BCUT2D eigenvalue weighted by Crippen LogP contribution is -1.95. The number of ether oxygens (including phenoxy) is 1. The molecule has 0 radical (unpaired) electrons. The van der Waals surface area contributed by atoms with Gasteiger partial charge in [0.25, 0.3) is 11.6 Å². The van der Waals surface area contributed by atoms with Crippen molar-refractivity contribution in [1.29, 1.82) is 0 Å². The molecule has 3 aromatic rings. The molecule has 1 heterocycles. The second kappa shape index (κ2) is 6.86. The number of nitrogens with zero attached hydrogens (tertiary/aromatic N) is 3. The molecule has 7 nitrogen and oxygen atoms in total. The quantitative estimate of drug-likeness (QED) is 0.487. The molecule has 0 aliphatic carbocycles. The van der Waals surface area contributed by atoms with Crippen molar-refractivity contribution < 1.29 is 14.1 Å². The number of nitro benzene ring substituents is 1. The molecule has 1 aromatic heterocycles. The van der Waals surface area contributed by atoms with Crippen molar-refractivity contribution in [1.82, 2.24) is 10.2 Å². The van der Waals surface area contributed by atoms with Gasteiger partial charge in [-0.05, 0) is 30.3 Å². The smallest absolute Gasteiger partial charge is 0.269 e. The Kier molecular flexibility index (Phi) is 4.64. The number of benzene rings is 2. The topological polar surface area (TPSA) is 91.3 Å². The Labute approximate surface area is 145 Å². The Morgan fingerprint density at radius 2 is 1.75 bits per heavy atom. The molecule has 0 N–H and O–H groups in total. The summed E-state index contributed by atoms with van der Waals surface area (Å²) in [5.41, 5.74) is 0.560.